The molecular weight excluding hydrogens is 328 g/mol. The number of carbonyl (C=O) groups is 1. The minimum Gasteiger partial charge on any atom is -0.273 e. The van der Waals surface area contributed by atoms with Crippen LogP contribution in [-0.4, -0.2) is 12.1 Å². The van der Waals surface area contributed by atoms with Gasteiger partial charge in [0.2, 0.25) is 5.91 Å². The molecular formula is C17H15BrN2O. The third-order valence-electron chi connectivity index (χ3n) is 3.61. The van der Waals surface area contributed by atoms with Crippen molar-refractivity contribution in [1.82, 2.24) is 5.43 Å². The Kier molecular flexibility index (Phi) is 4.15. The Morgan fingerprint density at radius 3 is 2.57 bits per heavy atom. The molecule has 4 heteroatoms. The summed E-state index contributed by atoms with van der Waals surface area (Å²) in [6.45, 7) is 0. The first-order valence-corrected chi connectivity index (χ1v) is 7.67. The molecule has 2 aromatic rings. The highest BCUT2D eigenvalue weighted by Crippen LogP contribution is 2.47. The van der Waals surface area contributed by atoms with Crippen LogP contribution in [0.5, 0.6) is 0 Å². The Labute approximate surface area is 132 Å². The molecule has 0 aromatic heterocycles. The quantitative estimate of drug-likeness (QED) is 0.667. The van der Waals surface area contributed by atoms with Gasteiger partial charge in [-0.05, 0) is 35.6 Å². The minimum atomic E-state index is -0.00258. The highest BCUT2D eigenvalue weighted by Gasteiger charge is 2.43. The van der Waals surface area contributed by atoms with Crippen LogP contribution in [0, 0.1) is 5.92 Å². The van der Waals surface area contributed by atoms with E-state index in [9.17, 15) is 4.79 Å². The Morgan fingerprint density at radius 2 is 1.86 bits per heavy atom. The highest BCUT2D eigenvalue weighted by molar-refractivity contribution is 9.10. The minimum absolute atomic E-state index is 0.00258. The van der Waals surface area contributed by atoms with Gasteiger partial charge in [-0.2, -0.15) is 5.10 Å². The summed E-state index contributed by atoms with van der Waals surface area (Å²) in [6, 6.07) is 17.9. The number of benzene rings is 2. The molecule has 0 bridgehead atoms. The maximum atomic E-state index is 12.0. The topological polar surface area (TPSA) is 41.5 Å². The molecule has 2 unspecified atom stereocenters. The van der Waals surface area contributed by atoms with Crippen LogP contribution in [0.4, 0.5) is 0 Å². The first-order valence-electron chi connectivity index (χ1n) is 6.87. The number of nitrogens with one attached hydrogen (secondary N) is 1. The summed E-state index contributed by atoms with van der Waals surface area (Å²) < 4.78 is 1.02. The van der Waals surface area contributed by atoms with Gasteiger partial charge >= 0.3 is 0 Å². The maximum Gasteiger partial charge on any atom is 0.243 e. The standard InChI is InChI=1S/C17H15BrN2O/c18-14-8-6-12(7-9-14)11-19-20-17(21)16-10-15(16)13-4-2-1-3-5-13/h1-9,11,15-16H,10H2,(H,20,21)/b19-11-. The molecule has 2 aromatic carbocycles. The second-order valence-corrected chi connectivity index (χ2v) is 6.06. The van der Waals surface area contributed by atoms with Crippen molar-refractivity contribution in [2.75, 3.05) is 0 Å². The van der Waals surface area contributed by atoms with E-state index < -0.39 is 0 Å². The number of nitrogens with zero attached hydrogens (tertiary/aromatic N) is 1. The van der Waals surface area contributed by atoms with Crippen LogP contribution in [0.3, 0.4) is 0 Å². The van der Waals surface area contributed by atoms with Crippen LogP contribution in [0.25, 0.3) is 0 Å². The lowest BCUT2D eigenvalue weighted by Gasteiger charge is -2.00. The third-order valence-corrected chi connectivity index (χ3v) is 4.14. The van der Waals surface area contributed by atoms with Crippen molar-refractivity contribution >= 4 is 28.1 Å². The molecule has 1 N–H and O–H groups in total. The summed E-state index contributed by atoms with van der Waals surface area (Å²) >= 11 is 3.38. The summed E-state index contributed by atoms with van der Waals surface area (Å²) in [5.41, 5.74) is 4.81. The van der Waals surface area contributed by atoms with Crippen molar-refractivity contribution in [2.45, 2.75) is 12.3 Å². The summed E-state index contributed by atoms with van der Waals surface area (Å²) in [5, 5.41) is 4.02. The first kappa shape index (κ1) is 14.0. The van der Waals surface area contributed by atoms with E-state index >= 15 is 0 Å². The maximum absolute atomic E-state index is 12.0. The van der Waals surface area contributed by atoms with Gasteiger partial charge in [0.05, 0.1) is 6.21 Å². The van der Waals surface area contributed by atoms with Crippen LogP contribution in [0.2, 0.25) is 0 Å². The Bertz CT molecular complexity index is 652. The van der Waals surface area contributed by atoms with E-state index in [2.05, 4.69) is 38.6 Å². The van der Waals surface area contributed by atoms with Gasteiger partial charge < -0.3 is 0 Å². The van der Waals surface area contributed by atoms with Crippen LogP contribution in [0.1, 0.15) is 23.5 Å². The van der Waals surface area contributed by atoms with Gasteiger partial charge in [-0.15, -0.1) is 0 Å². The molecule has 1 aliphatic rings. The normalized spacial score (nSPS) is 20.4. The predicted molar refractivity (Wildman–Crippen MR) is 87.2 cm³/mol. The van der Waals surface area contributed by atoms with Gasteiger partial charge in [-0.25, -0.2) is 5.43 Å². The molecule has 1 saturated carbocycles. The van der Waals surface area contributed by atoms with Crippen LogP contribution >= 0.6 is 15.9 Å². The molecule has 0 saturated heterocycles. The van der Waals surface area contributed by atoms with Gasteiger partial charge in [0, 0.05) is 10.4 Å². The predicted octanol–water partition coefficient (Wildman–Crippen LogP) is 3.70. The summed E-state index contributed by atoms with van der Waals surface area (Å²) in [4.78, 5) is 12.0. The lowest BCUT2D eigenvalue weighted by Crippen LogP contribution is -2.20. The third kappa shape index (κ3) is 3.58. The van der Waals surface area contributed by atoms with Crippen LogP contribution < -0.4 is 5.43 Å². The zero-order valence-corrected chi connectivity index (χ0v) is 13.0. The van der Waals surface area contributed by atoms with E-state index in [1.807, 2.05) is 42.5 Å². The van der Waals surface area contributed by atoms with Gasteiger partial charge in [0.25, 0.3) is 0 Å². The number of hydrazone groups is 1. The smallest absolute Gasteiger partial charge is 0.243 e. The molecule has 1 aliphatic carbocycles. The molecule has 0 radical (unpaired) electrons. The van der Waals surface area contributed by atoms with Crippen molar-refractivity contribution < 1.29 is 4.79 Å². The largest absolute Gasteiger partial charge is 0.273 e. The fraction of sp³-hybridized carbons (Fsp3) is 0.176. The van der Waals surface area contributed by atoms with Gasteiger partial charge in [0.1, 0.15) is 0 Å². The van der Waals surface area contributed by atoms with Crippen molar-refractivity contribution in [3.63, 3.8) is 0 Å². The molecule has 0 heterocycles. The van der Waals surface area contributed by atoms with Gasteiger partial charge in [-0.3, -0.25) is 4.79 Å². The zero-order valence-electron chi connectivity index (χ0n) is 11.4. The van der Waals surface area contributed by atoms with E-state index in [0.717, 1.165) is 16.5 Å². The second kappa shape index (κ2) is 6.22. The van der Waals surface area contributed by atoms with Crippen LogP contribution in [-0.2, 0) is 4.79 Å². The van der Waals surface area contributed by atoms with E-state index in [4.69, 9.17) is 0 Å². The van der Waals surface area contributed by atoms with Crippen molar-refractivity contribution in [2.24, 2.45) is 11.0 Å². The number of carbonyl (C=O) groups excluding carboxylic acids is 1. The summed E-state index contributed by atoms with van der Waals surface area (Å²) in [6.07, 6.45) is 2.56. The van der Waals surface area contributed by atoms with E-state index in [1.165, 1.54) is 5.56 Å². The van der Waals surface area contributed by atoms with Gasteiger partial charge in [0.15, 0.2) is 0 Å². The molecule has 106 valence electrons. The molecule has 3 nitrogen and oxygen atoms in total. The number of halogens is 1. The second-order valence-electron chi connectivity index (χ2n) is 5.15. The van der Waals surface area contributed by atoms with Gasteiger partial charge in [-0.1, -0.05) is 58.4 Å². The lowest BCUT2D eigenvalue weighted by atomic mass is 10.1. The van der Waals surface area contributed by atoms with E-state index in [1.54, 1.807) is 6.21 Å². The van der Waals surface area contributed by atoms with E-state index in [-0.39, 0.29) is 11.8 Å². The SMILES string of the molecule is O=C(N/N=C\c1ccc(Br)cc1)C1CC1c1ccccc1. The Hall–Kier alpha value is -1.94. The fourth-order valence-electron chi connectivity index (χ4n) is 2.36. The molecule has 0 aliphatic heterocycles. The number of hydrogen-bond donors (Lipinski definition) is 1. The molecule has 3 rings (SSSR count). The number of rotatable bonds is 4. The Morgan fingerprint density at radius 1 is 1.14 bits per heavy atom. The monoisotopic (exact) mass is 342 g/mol. The fourth-order valence-corrected chi connectivity index (χ4v) is 2.62. The zero-order chi connectivity index (χ0) is 14.7. The van der Waals surface area contributed by atoms with Crippen molar-refractivity contribution in [1.29, 1.82) is 0 Å². The Balaban J connectivity index is 1.53. The first-order chi connectivity index (χ1) is 10.2. The average molecular weight is 343 g/mol. The number of hydrogen-bond acceptors (Lipinski definition) is 2. The molecule has 1 amide bonds. The molecule has 0 spiro atoms. The van der Waals surface area contributed by atoms with Crippen molar-refractivity contribution in [3.8, 4) is 0 Å². The number of amides is 1. The lowest BCUT2D eigenvalue weighted by molar-refractivity contribution is -0.122. The highest BCUT2D eigenvalue weighted by atomic mass is 79.9. The van der Waals surface area contributed by atoms with Crippen molar-refractivity contribution in [3.05, 3.63) is 70.2 Å². The van der Waals surface area contributed by atoms with E-state index in [0.29, 0.717) is 5.92 Å². The summed E-state index contributed by atoms with van der Waals surface area (Å²) in [5.74, 6) is 0.390. The molecule has 21 heavy (non-hydrogen) atoms. The average Bonchev–Trinajstić information content (AvgIpc) is 3.31. The molecule has 1 fully saturated rings. The summed E-state index contributed by atoms with van der Waals surface area (Å²) in [7, 11) is 0. The van der Waals surface area contributed by atoms with Crippen LogP contribution in [0.15, 0.2) is 64.2 Å². The molecule has 2 atom stereocenters.